The Morgan fingerprint density at radius 3 is 1.77 bits per heavy atom. The number of carboxylic acids is 3. The number of anilines is 3. The van der Waals surface area contributed by atoms with Gasteiger partial charge in [-0.2, -0.15) is 9.97 Å². The largest absolute Gasteiger partial charge is 0.481 e. The molecule has 20 nitrogen and oxygen atoms in total. The third kappa shape index (κ3) is 10.6. The van der Waals surface area contributed by atoms with Gasteiger partial charge in [0.15, 0.2) is 11.9 Å². The van der Waals surface area contributed by atoms with Gasteiger partial charge in [0.25, 0.3) is 5.88 Å². The molecule has 0 spiro atoms. The number of ether oxygens (including phenoxy) is 3. The molecule has 1 aliphatic rings. The lowest BCUT2D eigenvalue weighted by Gasteiger charge is -2.31. The van der Waals surface area contributed by atoms with Gasteiger partial charge in [0, 0.05) is 25.5 Å². The Balaban J connectivity index is 2.34. The van der Waals surface area contributed by atoms with Gasteiger partial charge in [-0.3, -0.25) is 24.0 Å². The molecule has 5 atom stereocenters. The summed E-state index contributed by atoms with van der Waals surface area (Å²) in [5, 5.41) is 32.1. The van der Waals surface area contributed by atoms with Crippen molar-refractivity contribution in [2.24, 2.45) is 17.2 Å². The van der Waals surface area contributed by atoms with Crippen molar-refractivity contribution in [3.63, 3.8) is 0 Å². The summed E-state index contributed by atoms with van der Waals surface area (Å²) >= 11 is 0. The number of rotatable bonds is 17. The van der Waals surface area contributed by atoms with Crippen molar-refractivity contribution in [2.45, 2.75) is 75.8 Å². The highest BCUT2D eigenvalue weighted by Gasteiger charge is 2.35. The molecule has 0 fully saturated rings. The number of fused-ring (bicyclic) bond motifs is 1. The van der Waals surface area contributed by atoms with Crippen molar-refractivity contribution in [2.75, 3.05) is 16.4 Å². The van der Waals surface area contributed by atoms with E-state index in [1.54, 1.807) is 0 Å². The van der Waals surface area contributed by atoms with Crippen molar-refractivity contribution >= 4 is 53.3 Å². The van der Waals surface area contributed by atoms with Gasteiger partial charge in [-0.15, -0.1) is 0 Å². The summed E-state index contributed by atoms with van der Waals surface area (Å²) in [6.45, 7) is 1.32. The lowest BCUT2D eigenvalue weighted by atomic mass is 10.1. The number of carbonyl (C=O) groups is 6. The highest BCUT2D eigenvalue weighted by Crippen LogP contribution is 2.36. The highest BCUT2D eigenvalue weighted by atomic mass is 16.6. The zero-order valence-corrected chi connectivity index (χ0v) is 23.4. The van der Waals surface area contributed by atoms with Crippen LogP contribution in [-0.2, 0) is 38.2 Å². The van der Waals surface area contributed by atoms with E-state index in [0.29, 0.717) is 0 Å². The van der Waals surface area contributed by atoms with Gasteiger partial charge in [0.2, 0.25) is 5.95 Å². The number of hydrogen-bond acceptors (Lipinski definition) is 17. The van der Waals surface area contributed by atoms with Crippen LogP contribution in [0.3, 0.4) is 0 Å². The van der Waals surface area contributed by atoms with Crippen LogP contribution in [0.5, 0.6) is 5.88 Å². The molecule has 0 saturated heterocycles. The first-order valence-electron chi connectivity index (χ1n) is 13.0. The molecule has 13 N–H and O–H groups in total. The Morgan fingerprint density at radius 1 is 0.795 bits per heavy atom. The number of nitrogen functional groups attached to an aromatic ring is 1. The first kappa shape index (κ1) is 35.1. The van der Waals surface area contributed by atoms with E-state index in [1.165, 1.54) is 13.1 Å². The fourth-order valence-corrected chi connectivity index (χ4v) is 3.55. The van der Waals surface area contributed by atoms with E-state index >= 15 is 0 Å². The van der Waals surface area contributed by atoms with E-state index in [4.69, 9.17) is 52.5 Å². The van der Waals surface area contributed by atoms with Crippen LogP contribution >= 0.6 is 0 Å². The molecule has 1 aliphatic heterocycles. The van der Waals surface area contributed by atoms with Gasteiger partial charge in [-0.05, 0) is 26.2 Å². The number of nitrogens with one attached hydrogen (secondary N) is 2. The SMILES string of the molecule is CC(OC(=O)C(N)CCC(=O)O)C(OC(=O)C(N)CCC(=O)O)C1=CNc2nc(N)nc(OC(=O)C(N)CCC(=O)O)c2N1. The number of nitrogens with two attached hydrogens (primary N) is 4. The molecule has 0 amide bonds. The Bertz CT molecular complexity index is 1310. The van der Waals surface area contributed by atoms with Gasteiger partial charge in [0.1, 0.15) is 29.9 Å². The van der Waals surface area contributed by atoms with Gasteiger partial charge >= 0.3 is 35.8 Å². The summed E-state index contributed by atoms with van der Waals surface area (Å²) in [6, 6.07) is -4.05. The summed E-state index contributed by atoms with van der Waals surface area (Å²) in [7, 11) is 0. The molecule has 2 rings (SSSR count). The Labute approximate surface area is 249 Å². The summed E-state index contributed by atoms with van der Waals surface area (Å²) in [5.41, 5.74) is 22.8. The highest BCUT2D eigenvalue weighted by molar-refractivity contribution is 5.84. The minimum atomic E-state index is -1.48. The Kier molecular flexibility index (Phi) is 12.7. The summed E-state index contributed by atoms with van der Waals surface area (Å²) in [4.78, 5) is 78.3. The Morgan fingerprint density at radius 2 is 1.27 bits per heavy atom. The van der Waals surface area contributed by atoms with Gasteiger partial charge in [-0.1, -0.05) is 0 Å². The monoisotopic (exact) mass is 626 g/mol. The topological polar surface area (TPSA) is 345 Å². The molecule has 5 unspecified atom stereocenters. The predicted octanol–water partition coefficient (Wildman–Crippen LogP) is -1.94. The second-order valence-electron chi connectivity index (χ2n) is 9.52. The van der Waals surface area contributed by atoms with Crippen molar-refractivity contribution in [1.82, 2.24) is 9.97 Å². The molecule has 242 valence electrons. The zero-order valence-electron chi connectivity index (χ0n) is 23.4. The molecule has 0 radical (unpaired) electrons. The summed E-state index contributed by atoms with van der Waals surface area (Å²) in [6.07, 6.45) is -3.58. The van der Waals surface area contributed by atoms with Crippen molar-refractivity contribution < 1.29 is 58.3 Å². The third-order valence-corrected chi connectivity index (χ3v) is 5.92. The molecule has 0 saturated carbocycles. The van der Waals surface area contributed by atoms with Crippen molar-refractivity contribution in [3.05, 3.63) is 11.9 Å². The number of nitrogens with zero attached hydrogens (tertiary/aromatic N) is 2. The molecular formula is C24H34N8O12. The minimum Gasteiger partial charge on any atom is -0.481 e. The fraction of sp³-hybridized carbons (Fsp3) is 0.500. The van der Waals surface area contributed by atoms with Crippen LogP contribution in [0.2, 0.25) is 0 Å². The lowest BCUT2D eigenvalue weighted by molar-refractivity contribution is -0.166. The predicted molar refractivity (Wildman–Crippen MR) is 147 cm³/mol. The van der Waals surface area contributed by atoms with Crippen LogP contribution in [0.15, 0.2) is 11.9 Å². The maximum absolute atomic E-state index is 12.8. The molecular weight excluding hydrogens is 592 g/mol. The van der Waals surface area contributed by atoms with Crippen LogP contribution in [0.1, 0.15) is 45.4 Å². The fourth-order valence-electron chi connectivity index (χ4n) is 3.55. The molecule has 0 aromatic carbocycles. The summed E-state index contributed by atoms with van der Waals surface area (Å²) in [5.74, 6) is -7.48. The van der Waals surface area contributed by atoms with Gasteiger partial charge < -0.3 is 63.1 Å². The average Bonchev–Trinajstić information content (AvgIpc) is 2.95. The molecule has 1 aromatic rings. The normalized spacial score (nSPS) is 15.4. The number of aromatic nitrogens is 2. The van der Waals surface area contributed by atoms with E-state index in [0.717, 1.165) is 0 Å². The molecule has 0 aliphatic carbocycles. The second-order valence-corrected chi connectivity index (χ2v) is 9.52. The van der Waals surface area contributed by atoms with E-state index < -0.39 is 91.3 Å². The van der Waals surface area contributed by atoms with E-state index in [9.17, 15) is 28.8 Å². The van der Waals surface area contributed by atoms with Crippen LogP contribution in [0.4, 0.5) is 17.5 Å². The van der Waals surface area contributed by atoms with Gasteiger partial charge in [0.05, 0.1) is 5.70 Å². The average molecular weight is 627 g/mol. The Hall–Kier alpha value is -5.08. The second kappa shape index (κ2) is 16.0. The minimum absolute atomic E-state index is 0.00765. The first-order valence-corrected chi connectivity index (χ1v) is 13.0. The number of carbonyl (C=O) groups excluding carboxylic acids is 3. The molecule has 0 bridgehead atoms. The van der Waals surface area contributed by atoms with Crippen molar-refractivity contribution in [3.8, 4) is 5.88 Å². The molecule has 1 aromatic heterocycles. The van der Waals surface area contributed by atoms with E-state index in [2.05, 4.69) is 20.6 Å². The van der Waals surface area contributed by atoms with Crippen LogP contribution in [0, 0.1) is 0 Å². The zero-order chi connectivity index (χ0) is 33.1. The number of aliphatic carboxylic acids is 3. The molecule has 44 heavy (non-hydrogen) atoms. The number of esters is 3. The van der Waals surface area contributed by atoms with Crippen LogP contribution in [-0.4, -0.2) is 91.4 Å². The molecule has 20 heteroatoms. The number of carboxylic acid groups (broad SMARTS) is 3. The summed E-state index contributed by atoms with van der Waals surface area (Å²) < 4.78 is 16.1. The lowest BCUT2D eigenvalue weighted by Crippen LogP contribution is -2.44. The van der Waals surface area contributed by atoms with Crippen LogP contribution in [0.25, 0.3) is 0 Å². The van der Waals surface area contributed by atoms with E-state index in [-0.39, 0.29) is 42.4 Å². The number of hydrogen-bond donors (Lipinski definition) is 9. The van der Waals surface area contributed by atoms with Gasteiger partial charge in [-0.25, -0.2) is 4.79 Å². The third-order valence-electron chi connectivity index (χ3n) is 5.92. The van der Waals surface area contributed by atoms with Crippen LogP contribution < -0.4 is 38.3 Å². The standard InChI is InChI=1S/C24H34N8O12/c1-9(42-21(39)10(25)2-5-14(33)34)18(43-22(40)11(26)3-6-15(35)36)13-8-29-19-17(30-13)20(32-24(28)31-19)44-23(41)12(27)4-7-16(37)38/h8-12,18,30H,2-7,25-27H2,1H3,(H,33,34)(H,35,36)(H,37,38)(H3,28,29,31,32). The van der Waals surface area contributed by atoms with E-state index in [1.807, 2.05) is 0 Å². The maximum atomic E-state index is 12.8. The quantitative estimate of drug-likeness (QED) is 0.0849. The first-order chi connectivity index (χ1) is 20.6. The van der Waals surface area contributed by atoms with Crippen molar-refractivity contribution in [1.29, 1.82) is 0 Å². The smallest absolute Gasteiger partial charge is 0.329 e. The molecule has 2 heterocycles. The maximum Gasteiger partial charge on any atom is 0.329 e.